The van der Waals surface area contributed by atoms with Crippen LogP contribution in [0.4, 0.5) is 0 Å². The smallest absolute Gasteiger partial charge is 0.123 e. The van der Waals surface area contributed by atoms with Gasteiger partial charge < -0.3 is 9.22 Å². The molecule has 162 valence electrons. The van der Waals surface area contributed by atoms with Crippen LogP contribution in [0.1, 0.15) is 71.3 Å². The molecular weight excluding hydrogens is 366 g/mol. The number of unbranched alkanes of at least 4 members (excludes halogenated alkanes) is 3. The summed E-state index contributed by atoms with van der Waals surface area (Å²) in [6.07, 6.45) is 9.36. The first-order chi connectivity index (χ1) is 14.5. The van der Waals surface area contributed by atoms with Crippen molar-refractivity contribution >= 4 is 10.8 Å². The minimum absolute atomic E-state index is 0.0486. The zero-order valence-electron chi connectivity index (χ0n) is 19.3. The van der Waals surface area contributed by atoms with Crippen molar-refractivity contribution in [1.82, 2.24) is 0 Å². The van der Waals surface area contributed by atoms with Gasteiger partial charge in [0.05, 0.1) is 6.54 Å². The van der Waals surface area contributed by atoms with Crippen molar-refractivity contribution in [2.24, 2.45) is 11.8 Å². The van der Waals surface area contributed by atoms with Crippen LogP contribution in [0.15, 0.2) is 42.5 Å². The zero-order valence-corrected chi connectivity index (χ0v) is 19.3. The van der Waals surface area contributed by atoms with Crippen molar-refractivity contribution in [3.63, 3.8) is 0 Å². The van der Waals surface area contributed by atoms with Gasteiger partial charge in [-0.05, 0) is 49.9 Å². The molecule has 0 unspecified atom stereocenters. The van der Waals surface area contributed by atoms with Crippen molar-refractivity contribution in [2.45, 2.75) is 83.4 Å². The first-order valence-corrected chi connectivity index (χ1v) is 12.5. The molecular formula is C28H40NO+. The van der Waals surface area contributed by atoms with Crippen molar-refractivity contribution in [3.8, 4) is 0 Å². The predicted molar refractivity (Wildman–Crippen MR) is 125 cm³/mol. The molecule has 0 spiro atoms. The highest BCUT2D eigenvalue weighted by atomic mass is 16.5. The molecule has 2 saturated heterocycles. The summed E-state index contributed by atoms with van der Waals surface area (Å²) >= 11 is 0. The number of rotatable bonds is 8. The Morgan fingerprint density at radius 2 is 1.80 bits per heavy atom. The number of fused-ring (bicyclic) bond motifs is 1. The molecule has 1 aliphatic carbocycles. The Bertz CT molecular complexity index is 908. The second-order valence-electron chi connectivity index (χ2n) is 10.9. The molecule has 0 amide bonds. The maximum Gasteiger partial charge on any atom is 0.123 e. The lowest BCUT2D eigenvalue weighted by Gasteiger charge is -2.43. The molecule has 30 heavy (non-hydrogen) atoms. The van der Waals surface area contributed by atoms with Gasteiger partial charge in [-0.15, -0.1) is 0 Å². The normalized spacial score (nSPS) is 37.2. The van der Waals surface area contributed by atoms with E-state index in [0.29, 0.717) is 11.5 Å². The molecule has 2 nitrogen and oxygen atoms in total. The number of quaternary nitrogens is 1. The van der Waals surface area contributed by atoms with Gasteiger partial charge in [-0.3, -0.25) is 0 Å². The molecule has 0 bridgehead atoms. The molecule has 0 N–H and O–H groups in total. The summed E-state index contributed by atoms with van der Waals surface area (Å²) in [6.45, 7) is 12.0. The van der Waals surface area contributed by atoms with Crippen LogP contribution in [0.25, 0.3) is 10.8 Å². The second-order valence-corrected chi connectivity index (χ2v) is 10.9. The summed E-state index contributed by atoms with van der Waals surface area (Å²) < 4.78 is 8.04. The van der Waals surface area contributed by atoms with Gasteiger partial charge in [0.15, 0.2) is 0 Å². The zero-order chi connectivity index (χ0) is 20.8. The van der Waals surface area contributed by atoms with E-state index in [2.05, 4.69) is 63.2 Å². The number of ether oxygens (including phenoxy) is 1. The van der Waals surface area contributed by atoms with Gasteiger partial charge in [0.2, 0.25) is 0 Å². The molecule has 0 radical (unpaired) electrons. The Kier molecular flexibility index (Phi) is 5.22. The maximum absolute atomic E-state index is 6.79. The second kappa shape index (κ2) is 7.64. The Hall–Kier alpha value is -1.38. The molecule has 5 rings (SSSR count). The molecule has 5 atom stereocenters. The van der Waals surface area contributed by atoms with E-state index in [4.69, 9.17) is 4.74 Å². The summed E-state index contributed by atoms with van der Waals surface area (Å²) in [7, 11) is 0. The minimum atomic E-state index is 0.0486. The van der Waals surface area contributed by atoms with Gasteiger partial charge in [0.25, 0.3) is 0 Å². The molecule has 1 saturated carbocycles. The lowest BCUT2D eigenvalue weighted by molar-refractivity contribution is -0.967. The van der Waals surface area contributed by atoms with Crippen LogP contribution < -0.4 is 0 Å². The van der Waals surface area contributed by atoms with Gasteiger partial charge in [0, 0.05) is 30.4 Å². The van der Waals surface area contributed by atoms with Gasteiger partial charge in [0.1, 0.15) is 24.2 Å². The van der Waals surface area contributed by atoms with E-state index in [1.807, 2.05) is 0 Å². The third-order valence-electron chi connectivity index (χ3n) is 9.35. The lowest BCUT2D eigenvalue weighted by Crippen LogP contribution is -2.57. The molecule has 3 aliphatic rings. The first kappa shape index (κ1) is 20.5. The lowest BCUT2D eigenvalue weighted by atomic mass is 9.78. The number of hydrogen-bond donors (Lipinski definition) is 0. The van der Waals surface area contributed by atoms with E-state index in [9.17, 15) is 0 Å². The van der Waals surface area contributed by atoms with E-state index in [0.717, 1.165) is 12.5 Å². The van der Waals surface area contributed by atoms with Crippen molar-refractivity contribution < 1.29 is 9.22 Å². The monoisotopic (exact) mass is 406 g/mol. The van der Waals surface area contributed by atoms with E-state index < -0.39 is 0 Å². The summed E-state index contributed by atoms with van der Waals surface area (Å²) in [4.78, 5) is 0. The molecule has 3 fully saturated rings. The van der Waals surface area contributed by atoms with E-state index in [1.54, 1.807) is 0 Å². The van der Waals surface area contributed by atoms with Crippen molar-refractivity contribution in [1.29, 1.82) is 0 Å². The topological polar surface area (TPSA) is 9.23 Å². The maximum atomic E-state index is 6.79. The van der Waals surface area contributed by atoms with E-state index in [1.165, 1.54) is 85.4 Å². The fourth-order valence-corrected chi connectivity index (χ4v) is 7.89. The van der Waals surface area contributed by atoms with Crippen LogP contribution in [0.5, 0.6) is 0 Å². The van der Waals surface area contributed by atoms with Crippen LogP contribution in [-0.2, 0) is 11.3 Å². The molecule has 2 heterocycles. The Morgan fingerprint density at radius 1 is 0.967 bits per heavy atom. The average molecular weight is 407 g/mol. The Morgan fingerprint density at radius 3 is 2.63 bits per heavy atom. The minimum Gasteiger partial charge on any atom is -0.369 e. The van der Waals surface area contributed by atoms with Crippen LogP contribution in [0, 0.1) is 11.8 Å². The van der Waals surface area contributed by atoms with Crippen molar-refractivity contribution in [3.05, 3.63) is 48.0 Å². The van der Waals surface area contributed by atoms with Gasteiger partial charge in [-0.25, -0.2) is 0 Å². The third-order valence-corrected chi connectivity index (χ3v) is 9.35. The summed E-state index contributed by atoms with van der Waals surface area (Å²) in [5, 5.41) is 2.73. The van der Waals surface area contributed by atoms with Crippen LogP contribution in [0.2, 0.25) is 0 Å². The molecule has 0 aromatic heterocycles. The fourth-order valence-electron chi connectivity index (χ4n) is 7.89. The van der Waals surface area contributed by atoms with Crippen molar-refractivity contribution in [2.75, 3.05) is 19.7 Å². The van der Waals surface area contributed by atoms with Crippen LogP contribution >= 0.6 is 0 Å². The van der Waals surface area contributed by atoms with Crippen LogP contribution in [0.3, 0.4) is 0 Å². The molecule has 2 heteroatoms. The van der Waals surface area contributed by atoms with Crippen LogP contribution in [-0.4, -0.2) is 35.3 Å². The van der Waals surface area contributed by atoms with E-state index >= 15 is 0 Å². The van der Waals surface area contributed by atoms with Gasteiger partial charge in [-0.1, -0.05) is 62.6 Å². The van der Waals surface area contributed by atoms with Gasteiger partial charge in [-0.2, -0.15) is 0 Å². The average Bonchev–Trinajstić information content (AvgIpc) is 3.29. The Balaban J connectivity index is 1.41. The highest BCUT2D eigenvalue weighted by Crippen LogP contribution is 2.64. The standard InChI is InChI=1S/C28H40NO/c1-4-5-6-9-18-30-27(2)21-29(17-16-25-14-15-26(27)28(25,29)3)20-22-12-13-23-10-7-8-11-24(23)19-22/h7-8,10-13,19,25-26H,4-6,9,14-18,20-21H2,1-3H3/q+1/t25-,26+,27+,28+,29+/m0/s1. The number of hydrogen-bond acceptors (Lipinski definition) is 1. The summed E-state index contributed by atoms with van der Waals surface area (Å²) in [6, 6.07) is 16.0. The number of nitrogens with zero attached hydrogens (tertiary/aromatic N) is 1. The fraction of sp³-hybridized carbons (Fsp3) is 0.643. The third kappa shape index (κ3) is 3.06. The first-order valence-electron chi connectivity index (χ1n) is 12.5. The molecule has 2 aliphatic heterocycles. The predicted octanol–water partition coefficient (Wildman–Crippen LogP) is 6.71. The molecule has 2 aromatic carbocycles. The largest absolute Gasteiger partial charge is 0.369 e. The Labute approximate surface area is 183 Å². The molecule has 2 aromatic rings. The summed E-state index contributed by atoms with van der Waals surface area (Å²) in [5.41, 5.74) is 1.95. The van der Waals surface area contributed by atoms with Gasteiger partial charge >= 0.3 is 0 Å². The summed E-state index contributed by atoms with van der Waals surface area (Å²) in [5.74, 6) is 1.60. The highest BCUT2D eigenvalue weighted by molar-refractivity contribution is 5.82. The van der Waals surface area contributed by atoms with E-state index in [-0.39, 0.29) is 5.60 Å². The highest BCUT2D eigenvalue weighted by Gasteiger charge is 2.74. The SMILES string of the molecule is CCCCCCO[C@]1(C)C[N@+]2(Cc3ccc4ccccc4c3)CC[C@@H]3CC[C@H]1[C@@]32C. The number of benzene rings is 2. The quantitative estimate of drug-likeness (QED) is 0.349.